The Labute approximate surface area is 98.4 Å². The number of halogens is 3. The van der Waals surface area contributed by atoms with Crippen LogP contribution >= 0.6 is 0 Å². The average molecular weight is 253 g/mol. The van der Waals surface area contributed by atoms with Crippen LogP contribution in [0.1, 0.15) is 39.0 Å². The summed E-state index contributed by atoms with van der Waals surface area (Å²) in [4.78, 5) is 11.1. The van der Waals surface area contributed by atoms with Gasteiger partial charge in [0.05, 0.1) is 0 Å². The van der Waals surface area contributed by atoms with E-state index >= 15 is 0 Å². The Hall–Kier alpha value is -0.780. The summed E-state index contributed by atoms with van der Waals surface area (Å²) in [5, 5.41) is 11.9. The normalized spacial score (nSPS) is 20.0. The predicted octanol–water partition coefficient (Wildman–Crippen LogP) is 2.56. The van der Waals surface area contributed by atoms with Crippen LogP contribution in [0.4, 0.5) is 13.2 Å². The van der Waals surface area contributed by atoms with E-state index < -0.39 is 24.1 Å². The van der Waals surface area contributed by atoms with Crippen molar-refractivity contribution in [2.75, 3.05) is 6.54 Å². The molecule has 0 spiro atoms. The number of aliphatic carboxylic acids is 1. The lowest BCUT2D eigenvalue weighted by molar-refractivity contribution is -0.147. The zero-order valence-electron chi connectivity index (χ0n) is 9.81. The summed E-state index contributed by atoms with van der Waals surface area (Å²) in [5.41, 5.74) is -1.24. The minimum absolute atomic E-state index is 0.00539. The molecule has 0 aromatic heterocycles. The molecule has 0 radical (unpaired) electrons. The molecule has 0 bridgehead atoms. The number of hydrogen-bond donors (Lipinski definition) is 2. The van der Waals surface area contributed by atoms with Gasteiger partial charge in [-0.15, -0.1) is 0 Å². The van der Waals surface area contributed by atoms with E-state index in [2.05, 4.69) is 5.32 Å². The van der Waals surface area contributed by atoms with Crippen molar-refractivity contribution in [3.05, 3.63) is 0 Å². The summed E-state index contributed by atoms with van der Waals surface area (Å²) in [6.07, 6.45) is -3.16. The third-order valence-electron chi connectivity index (χ3n) is 3.09. The van der Waals surface area contributed by atoms with Gasteiger partial charge in [0, 0.05) is 6.42 Å². The lowest BCUT2D eigenvalue weighted by atomic mass is 9.94. The van der Waals surface area contributed by atoms with Crippen LogP contribution in [0.15, 0.2) is 0 Å². The highest BCUT2D eigenvalue weighted by molar-refractivity contribution is 5.78. The van der Waals surface area contributed by atoms with Crippen LogP contribution in [-0.2, 0) is 4.79 Å². The molecule has 17 heavy (non-hydrogen) atoms. The lowest BCUT2D eigenvalue weighted by Gasteiger charge is -2.26. The first-order valence-corrected chi connectivity index (χ1v) is 5.78. The van der Waals surface area contributed by atoms with Gasteiger partial charge in [0.2, 0.25) is 0 Å². The first kappa shape index (κ1) is 14.3. The predicted molar refractivity (Wildman–Crippen MR) is 56.7 cm³/mol. The lowest BCUT2D eigenvalue weighted by Crippen LogP contribution is -2.50. The highest BCUT2D eigenvalue weighted by atomic mass is 19.4. The number of rotatable bonds is 7. The summed E-state index contributed by atoms with van der Waals surface area (Å²) >= 11 is 0. The van der Waals surface area contributed by atoms with Crippen molar-refractivity contribution in [3.8, 4) is 0 Å². The van der Waals surface area contributed by atoms with Gasteiger partial charge in [0.25, 0.3) is 0 Å². The van der Waals surface area contributed by atoms with Crippen LogP contribution < -0.4 is 5.32 Å². The summed E-state index contributed by atoms with van der Waals surface area (Å²) < 4.78 is 36.0. The minimum atomic E-state index is -4.21. The van der Waals surface area contributed by atoms with Crippen molar-refractivity contribution in [1.29, 1.82) is 0 Å². The quantitative estimate of drug-likeness (QED) is 0.733. The Balaban J connectivity index is 2.37. The molecule has 0 saturated heterocycles. The van der Waals surface area contributed by atoms with E-state index in [4.69, 9.17) is 5.11 Å². The SMILES string of the molecule is CC(CCCC(F)(F)F)(NCC1CC1)C(=O)O. The molecule has 1 rings (SSSR count). The Morgan fingerprint density at radius 1 is 1.35 bits per heavy atom. The third-order valence-corrected chi connectivity index (χ3v) is 3.09. The zero-order chi connectivity index (χ0) is 13.1. The molecule has 0 aliphatic heterocycles. The van der Waals surface area contributed by atoms with Crippen LogP contribution in [0.2, 0.25) is 0 Å². The number of carboxylic acid groups (broad SMARTS) is 1. The molecular formula is C11H18F3NO2. The minimum Gasteiger partial charge on any atom is -0.480 e. The molecule has 1 saturated carbocycles. The number of nitrogens with one attached hydrogen (secondary N) is 1. The summed E-state index contributed by atoms with van der Waals surface area (Å²) in [7, 11) is 0. The van der Waals surface area contributed by atoms with E-state index in [0.717, 1.165) is 12.8 Å². The van der Waals surface area contributed by atoms with Gasteiger partial charge >= 0.3 is 12.1 Å². The number of hydrogen-bond acceptors (Lipinski definition) is 2. The van der Waals surface area contributed by atoms with Gasteiger partial charge in [-0.1, -0.05) is 0 Å². The van der Waals surface area contributed by atoms with E-state index in [1.165, 1.54) is 6.92 Å². The van der Waals surface area contributed by atoms with Crippen molar-refractivity contribution in [3.63, 3.8) is 0 Å². The van der Waals surface area contributed by atoms with Gasteiger partial charge in [0.1, 0.15) is 5.54 Å². The first-order chi connectivity index (χ1) is 7.73. The van der Waals surface area contributed by atoms with E-state index in [0.29, 0.717) is 12.5 Å². The van der Waals surface area contributed by atoms with Crippen molar-refractivity contribution in [2.24, 2.45) is 5.92 Å². The van der Waals surface area contributed by atoms with Crippen molar-refractivity contribution in [1.82, 2.24) is 5.32 Å². The molecule has 1 aliphatic carbocycles. The molecule has 1 aliphatic rings. The number of carboxylic acids is 1. The fourth-order valence-electron chi connectivity index (χ4n) is 1.60. The standard InChI is InChI=1S/C11H18F3NO2/c1-10(9(16)17,15-7-8-3-4-8)5-2-6-11(12,13)14/h8,15H,2-7H2,1H3,(H,16,17). The van der Waals surface area contributed by atoms with Gasteiger partial charge in [-0.05, 0) is 45.1 Å². The van der Waals surface area contributed by atoms with Crippen molar-refractivity contribution < 1.29 is 23.1 Å². The molecule has 0 aromatic carbocycles. The van der Waals surface area contributed by atoms with Gasteiger partial charge in [0.15, 0.2) is 0 Å². The molecule has 1 unspecified atom stereocenters. The smallest absolute Gasteiger partial charge is 0.389 e. The molecule has 0 amide bonds. The molecule has 2 N–H and O–H groups in total. The fraction of sp³-hybridized carbons (Fsp3) is 0.909. The average Bonchev–Trinajstić information content (AvgIpc) is 2.95. The summed E-state index contributed by atoms with van der Waals surface area (Å²) in [5.74, 6) is -0.586. The van der Waals surface area contributed by atoms with Crippen molar-refractivity contribution >= 4 is 5.97 Å². The molecule has 1 fully saturated rings. The number of alkyl halides is 3. The van der Waals surface area contributed by atoms with E-state index in [-0.39, 0.29) is 12.8 Å². The first-order valence-electron chi connectivity index (χ1n) is 5.78. The van der Waals surface area contributed by atoms with E-state index in [9.17, 15) is 18.0 Å². The van der Waals surface area contributed by atoms with Crippen LogP contribution in [0.3, 0.4) is 0 Å². The topological polar surface area (TPSA) is 49.3 Å². The van der Waals surface area contributed by atoms with Crippen LogP contribution in [-0.4, -0.2) is 29.3 Å². The maximum absolute atomic E-state index is 12.0. The number of carbonyl (C=O) groups is 1. The van der Waals surface area contributed by atoms with Crippen molar-refractivity contribution in [2.45, 2.75) is 50.7 Å². The Morgan fingerprint density at radius 3 is 2.35 bits per heavy atom. The third kappa shape index (κ3) is 5.39. The second-order valence-electron chi connectivity index (χ2n) is 4.93. The highest BCUT2D eigenvalue weighted by Gasteiger charge is 2.36. The summed E-state index contributed by atoms with van der Waals surface area (Å²) in [6, 6.07) is 0. The molecule has 0 aromatic rings. The Morgan fingerprint density at radius 2 is 1.94 bits per heavy atom. The zero-order valence-corrected chi connectivity index (χ0v) is 9.81. The second-order valence-corrected chi connectivity index (χ2v) is 4.93. The largest absolute Gasteiger partial charge is 0.480 e. The molecule has 0 heterocycles. The Bertz CT molecular complexity index is 276. The monoisotopic (exact) mass is 253 g/mol. The molecule has 3 nitrogen and oxygen atoms in total. The van der Waals surface area contributed by atoms with Gasteiger partial charge in [-0.2, -0.15) is 13.2 Å². The van der Waals surface area contributed by atoms with Gasteiger partial charge in [-0.25, -0.2) is 0 Å². The summed E-state index contributed by atoms with van der Waals surface area (Å²) in [6.45, 7) is 2.03. The van der Waals surface area contributed by atoms with E-state index in [1.807, 2.05) is 0 Å². The molecular weight excluding hydrogens is 235 g/mol. The van der Waals surface area contributed by atoms with E-state index in [1.54, 1.807) is 0 Å². The fourth-order valence-corrected chi connectivity index (χ4v) is 1.60. The molecule has 6 heteroatoms. The van der Waals surface area contributed by atoms with Gasteiger partial charge in [-0.3, -0.25) is 4.79 Å². The second kappa shape index (κ2) is 5.25. The van der Waals surface area contributed by atoms with Crippen LogP contribution in [0.25, 0.3) is 0 Å². The Kier molecular flexibility index (Phi) is 4.41. The molecule has 1 atom stereocenters. The van der Waals surface area contributed by atoms with Gasteiger partial charge < -0.3 is 10.4 Å². The maximum Gasteiger partial charge on any atom is 0.389 e. The van der Waals surface area contributed by atoms with Crippen LogP contribution in [0.5, 0.6) is 0 Å². The highest BCUT2D eigenvalue weighted by Crippen LogP contribution is 2.29. The molecule has 100 valence electrons. The maximum atomic E-state index is 12.0. The van der Waals surface area contributed by atoms with Crippen LogP contribution in [0, 0.1) is 5.92 Å².